The smallest absolute Gasteiger partial charge is 0.222 e. The molecule has 34 heavy (non-hydrogen) atoms. The SMILES string of the molecule is CC(=O)N1CCN(C(=O)C[C@@H]2CCNC[C@@H]2Cc2cc(-c3ccc(C(C)(C)C)cc3)on2)CC1. The van der Waals surface area contributed by atoms with Gasteiger partial charge in [0.15, 0.2) is 5.76 Å². The van der Waals surface area contributed by atoms with Crippen molar-refractivity contribution in [2.45, 2.75) is 52.4 Å². The van der Waals surface area contributed by atoms with E-state index in [0.717, 1.165) is 42.9 Å². The summed E-state index contributed by atoms with van der Waals surface area (Å²) in [4.78, 5) is 28.3. The number of carbonyl (C=O) groups excluding carboxylic acids is 2. The van der Waals surface area contributed by atoms with Gasteiger partial charge in [0.25, 0.3) is 0 Å². The molecule has 184 valence electrons. The van der Waals surface area contributed by atoms with Gasteiger partial charge in [-0.15, -0.1) is 0 Å². The van der Waals surface area contributed by atoms with Crippen molar-refractivity contribution in [1.82, 2.24) is 20.3 Å². The highest BCUT2D eigenvalue weighted by Gasteiger charge is 2.31. The maximum atomic E-state index is 13.0. The second kappa shape index (κ2) is 10.3. The molecule has 0 spiro atoms. The molecular weight excluding hydrogens is 428 g/mol. The topological polar surface area (TPSA) is 78.7 Å². The van der Waals surface area contributed by atoms with Gasteiger partial charge < -0.3 is 19.6 Å². The molecule has 2 aliphatic rings. The molecule has 2 aromatic rings. The molecule has 7 heteroatoms. The van der Waals surface area contributed by atoms with Crippen LogP contribution in [-0.2, 0) is 21.4 Å². The van der Waals surface area contributed by atoms with Gasteiger partial charge in [-0.1, -0.05) is 50.2 Å². The largest absolute Gasteiger partial charge is 0.356 e. The van der Waals surface area contributed by atoms with Gasteiger partial charge in [0.1, 0.15) is 0 Å². The van der Waals surface area contributed by atoms with Crippen LogP contribution < -0.4 is 5.32 Å². The Balaban J connectivity index is 1.36. The van der Waals surface area contributed by atoms with Crippen molar-refractivity contribution in [3.63, 3.8) is 0 Å². The third-order valence-electron chi connectivity index (χ3n) is 7.35. The van der Waals surface area contributed by atoms with Gasteiger partial charge >= 0.3 is 0 Å². The second-order valence-corrected chi connectivity index (χ2v) is 10.8. The Morgan fingerprint density at radius 1 is 1.06 bits per heavy atom. The third-order valence-corrected chi connectivity index (χ3v) is 7.35. The Kier molecular flexibility index (Phi) is 7.41. The van der Waals surface area contributed by atoms with Crippen molar-refractivity contribution in [2.75, 3.05) is 39.3 Å². The van der Waals surface area contributed by atoms with E-state index in [1.165, 1.54) is 5.56 Å². The Hall–Kier alpha value is -2.67. The summed E-state index contributed by atoms with van der Waals surface area (Å²) in [7, 11) is 0. The molecule has 0 unspecified atom stereocenters. The van der Waals surface area contributed by atoms with E-state index >= 15 is 0 Å². The van der Waals surface area contributed by atoms with E-state index in [-0.39, 0.29) is 17.2 Å². The average Bonchev–Trinajstić information content (AvgIpc) is 3.28. The van der Waals surface area contributed by atoms with E-state index in [1.807, 2.05) is 15.9 Å². The Bertz CT molecular complexity index is 984. The van der Waals surface area contributed by atoms with Crippen LogP contribution in [0, 0.1) is 11.8 Å². The minimum atomic E-state index is 0.0858. The molecule has 1 aromatic carbocycles. The highest BCUT2D eigenvalue weighted by atomic mass is 16.5. The summed E-state index contributed by atoms with van der Waals surface area (Å²) >= 11 is 0. The minimum absolute atomic E-state index is 0.0858. The number of nitrogens with one attached hydrogen (secondary N) is 1. The van der Waals surface area contributed by atoms with Crippen LogP contribution in [0.2, 0.25) is 0 Å². The normalized spacial score (nSPS) is 21.5. The van der Waals surface area contributed by atoms with E-state index in [4.69, 9.17) is 4.52 Å². The predicted octanol–water partition coefficient (Wildman–Crippen LogP) is 3.49. The Morgan fingerprint density at radius 2 is 1.74 bits per heavy atom. The molecule has 2 aliphatic heterocycles. The molecule has 0 bridgehead atoms. The van der Waals surface area contributed by atoms with Crippen molar-refractivity contribution >= 4 is 11.8 Å². The molecule has 2 saturated heterocycles. The minimum Gasteiger partial charge on any atom is -0.356 e. The summed E-state index contributed by atoms with van der Waals surface area (Å²) in [6, 6.07) is 10.5. The van der Waals surface area contributed by atoms with E-state index in [0.29, 0.717) is 44.4 Å². The first-order valence-electron chi connectivity index (χ1n) is 12.5. The monoisotopic (exact) mass is 466 g/mol. The van der Waals surface area contributed by atoms with E-state index in [9.17, 15) is 9.59 Å². The summed E-state index contributed by atoms with van der Waals surface area (Å²) in [5, 5.41) is 7.84. The molecule has 0 saturated carbocycles. The summed E-state index contributed by atoms with van der Waals surface area (Å²) in [6.45, 7) is 12.6. The number of benzene rings is 1. The average molecular weight is 467 g/mol. The number of piperidine rings is 1. The number of piperazine rings is 1. The maximum Gasteiger partial charge on any atom is 0.222 e. The number of hydrogen-bond donors (Lipinski definition) is 1. The first-order valence-corrected chi connectivity index (χ1v) is 12.5. The first-order chi connectivity index (χ1) is 16.2. The zero-order valence-electron chi connectivity index (χ0n) is 21.0. The van der Waals surface area contributed by atoms with Gasteiger partial charge in [-0.25, -0.2) is 0 Å². The van der Waals surface area contributed by atoms with Crippen LogP contribution in [0.15, 0.2) is 34.9 Å². The standard InChI is InChI=1S/C27H38N4O3/c1-19(32)30-11-13-31(14-12-30)26(33)16-21-9-10-28-18-22(21)15-24-17-25(34-29-24)20-5-7-23(8-6-20)27(2,3)4/h5-8,17,21-22,28H,9-16,18H2,1-4H3/t21-,22-/m0/s1. The van der Waals surface area contributed by atoms with Crippen LogP contribution in [0.3, 0.4) is 0 Å². The first kappa shape index (κ1) is 24.5. The number of carbonyl (C=O) groups is 2. The van der Waals surface area contributed by atoms with E-state index < -0.39 is 0 Å². The van der Waals surface area contributed by atoms with Crippen LogP contribution in [0.5, 0.6) is 0 Å². The molecule has 2 fully saturated rings. The lowest BCUT2D eigenvalue weighted by molar-refractivity contribution is -0.139. The molecular formula is C27H38N4O3. The third kappa shape index (κ3) is 5.87. The zero-order chi connectivity index (χ0) is 24.3. The maximum absolute atomic E-state index is 13.0. The lowest BCUT2D eigenvalue weighted by atomic mass is 9.81. The quantitative estimate of drug-likeness (QED) is 0.730. The molecule has 7 nitrogen and oxygen atoms in total. The molecule has 4 rings (SSSR count). The van der Waals surface area contributed by atoms with Crippen LogP contribution in [-0.4, -0.2) is 66.0 Å². The van der Waals surface area contributed by atoms with Crippen LogP contribution in [0.1, 0.15) is 51.8 Å². The van der Waals surface area contributed by atoms with Crippen LogP contribution in [0.4, 0.5) is 0 Å². The van der Waals surface area contributed by atoms with Gasteiger partial charge in [0.05, 0.1) is 5.69 Å². The summed E-state index contributed by atoms with van der Waals surface area (Å²) in [5.41, 5.74) is 3.38. The van der Waals surface area contributed by atoms with Gasteiger partial charge in [0, 0.05) is 51.2 Å². The molecule has 2 atom stereocenters. The molecule has 2 amide bonds. The fourth-order valence-electron chi connectivity index (χ4n) is 5.06. The lowest BCUT2D eigenvalue weighted by Gasteiger charge is -2.37. The summed E-state index contributed by atoms with van der Waals surface area (Å²) in [6.07, 6.45) is 2.35. The molecule has 0 radical (unpaired) electrons. The zero-order valence-corrected chi connectivity index (χ0v) is 21.0. The lowest BCUT2D eigenvalue weighted by Crippen LogP contribution is -2.51. The Labute approximate surface area is 202 Å². The van der Waals surface area contributed by atoms with Crippen molar-refractivity contribution in [1.29, 1.82) is 0 Å². The van der Waals surface area contributed by atoms with Gasteiger partial charge in [-0.05, 0) is 48.7 Å². The molecule has 3 heterocycles. The van der Waals surface area contributed by atoms with E-state index in [1.54, 1.807) is 6.92 Å². The molecule has 1 aromatic heterocycles. The van der Waals surface area contributed by atoms with Gasteiger partial charge in [-0.3, -0.25) is 9.59 Å². The summed E-state index contributed by atoms with van der Waals surface area (Å²) < 4.78 is 5.68. The van der Waals surface area contributed by atoms with Gasteiger partial charge in [-0.2, -0.15) is 0 Å². The fraction of sp³-hybridized carbons (Fsp3) is 0.593. The molecule has 1 N–H and O–H groups in total. The van der Waals surface area contributed by atoms with Crippen molar-refractivity contribution in [3.8, 4) is 11.3 Å². The highest BCUT2D eigenvalue weighted by molar-refractivity contribution is 5.77. The van der Waals surface area contributed by atoms with Crippen molar-refractivity contribution in [2.24, 2.45) is 11.8 Å². The number of amides is 2. The second-order valence-electron chi connectivity index (χ2n) is 10.8. The molecule has 0 aliphatic carbocycles. The van der Waals surface area contributed by atoms with Crippen LogP contribution >= 0.6 is 0 Å². The van der Waals surface area contributed by atoms with Crippen molar-refractivity contribution < 1.29 is 14.1 Å². The van der Waals surface area contributed by atoms with Crippen LogP contribution in [0.25, 0.3) is 11.3 Å². The van der Waals surface area contributed by atoms with Crippen molar-refractivity contribution in [3.05, 3.63) is 41.6 Å². The summed E-state index contributed by atoms with van der Waals surface area (Å²) in [5.74, 6) is 1.75. The number of hydrogen-bond acceptors (Lipinski definition) is 5. The van der Waals surface area contributed by atoms with Gasteiger partial charge in [0.2, 0.25) is 11.8 Å². The fourth-order valence-corrected chi connectivity index (χ4v) is 5.06. The number of rotatable bonds is 5. The highest BCUT2D eigenvalue weighted by Crippen LogP contribution is 2.30. The Morgan fingerprint density at radius 3 is 2.38 bits per heavy atom. The van der Waals surface area contributed by atoms with E-state index in [2.05, 4.69) is 55.5 Å². The predicted molar refractivity (Wildman–Crippen MR) is 132 cm³/mol. The number of aromatic nitrogens is 1. The number of nitrogens with zero attached hydrogens (tertiary/aromatic N) is 3.